The Hall–Kier alpha value is -2.34. The van der Waals surface area contributed by atoms with Gasteiger partial charge in [-0.3, -0.25) is 0 Å². The van der Waals surface area contributed by atoms with E-state index in [2.05, 4.69) is 98.8 Å². The predicted octanol–water partition coefficient (Wildman–Crippen LogP) is 6.38. The Morgan fingerprint density at radius 3 is 1.38 bits per heavy atom. The average Bonchev–Trinajstić information content (AvgIpc) is 2.63. The van der Waals surface area contributed by atoms with E-state index in [0.717, 1.165) is 12.8 Å². The lowest BCUT2D eigenvalue weighted by Gasteiger charge is -2.15. The molecule has 2 unspecified atom stereocenters. The van der Waals surface area contributed by atoms with Gasteiger partial charge in [-0.05, 0) is 46.9 Å². The maximum atomic E-state index is 2.39. The lowest BCUT2D eigenvalue weighted by atomic mass is 9.90. The molecule has 0 heteroatoms. The second kappa shape index (κ2) is 7.97. The van der Waals surface area contributed by atoms with E-state index in [-0.39, 0.29) is 0 Å². The van der Waals surface area contributed by atoms with Crippen molar-refractivity contribution in [3.05, 3.63) is 107 Å². The van der Waals surface area contributed by atoms with Gasteiger partial charge in [-0.1, -0.05) is 98.8 Å². The summed E-state index contributed by atoms with van der Waals surface area (Å²) in [7, 11) is 0. The maximum Gasteiger partial charge on any atom is -0.0150 e. The molecule has 0 radical (unpaired) electrons. The lowest BCUT2D eigenvalue weighted by Crippen LogP contribution is -2.01. The van der Waals surface area contributed by atoms with E-state index in [9.17, 15) is 0 Å². The zero-order chi connectivity index (χ0) is 16.8. The molecule has 0 spiro atoms. The summed E-state index contributed by atoms with van der Waals surface area (Å²) in [5.74, 6) is 1.10. The van der Waals surface area contributed by atoms with Crippen LogP contribution in [0.15, 0.2) is 84.9 Å². The highest BCUT2D eigenvalue weighted by molar-refractivity contribution is 5.29. The summed E-state index contributed by atoms with van der Waals surface area (Å²) in [5, 5.41) is 0. The van der Waals surface area contributed by atoms with E-state index in [1.807, 2.05) is 0 Å². The molecule has 2 atom stereocenters. The molecular weight excluding hydrogens is 288 g/mol. The Labute approximate surface area is 146 Å². The number of hydrogen-bond acceptors (Lipinski definition) is 0. The van der Waals surface area contributed by atoms with E-state index in [1.54, 1.807) is 0 Å². The van der Waals surface area contributed by atoms with Crippen LogP contribution in [0.25, 0.3) is 0 Å². The second-order valence-corrected chi connectivity index (χ2v) is 6.85. The Morgan fingerprint density at radius 2 is 0.958 bits per heavy atom. The summed E-state index contributed by atoms with van der Waals surface area (Å²) in [4.78, 5) is 0. The van der Waals surface area contributed by atoms with Crippen LogP contribution in [0, 0.1) is 0 Å². The molecule has 24 heavy (non-hydrogen) atoms. The van der Waals surface area contributed by atoms with Crippen LogP contribution < -0.4 is 0 Å². The maximum absolute atomic E-state index is 2.39. The molecule has 0 aromatic heterocycles. The van der Waals surface area contributed by atoms with E-state index >= 15 is 0 Å². The van der Waals surface area contributed by atoms with Crippen molar-refractivity contribution < 1.29 is 0 Å². The minimum absolute atomic E-state index is 0.549. The zero-order valence-electron chi connectivity index (χ0n) is 14.7. The van der Waals surface area contributed by atoms with Crippen LogP contribution >= 0.6 is 0 Å². The molecule has 0 bridgehead atoms. The molecule has 0 saturated carbocycles. The van der Waals surface area contributed by atoms with E-state index in [0.29, 0.717) is 11.8 Å². The molecule has 122 valence electrons. The van der Waals surface area contributed by atoms with Gasteiger partial charge in [0, 0.05) is 0 Å². The van der Waals surface area contributed by atoms with Gasteiger partial charge in [-0.15, -0.1) is 0 Å². The quantitative estimate of drug-likeness (QED) is 0.495. The SMILES string of the molecule is CC(Cc1cccc(CC(C)c2ccccc2)c1)c1ccccc1. The summed E-state index contributed by atoms with van der Waals surface area (Å²) in [6.07, 6.45) is 2.19. The van der Waals surface area contributed by atoms with Crippen LogP contribution in [0.1, 0.15) is 47.9 Å². The summed E-state index contributed by atoms with van der Waals surface area (Å²) in [6, 6.07) is 30.7. The minimum atomic E-state index is 0.549. The van der Waals surface area contributed by atoms with Crippen LogP contribution in [0.4, 0.5) is 0 Å². The van der Waals surface area contributed by atoms with Crippen molar-refractivity contribution in [1.82, 2.24) is 0 Å². The first-order chi connectivity index (χ1) is 11.7. The molecule has 0 fully saturated rings. The smallest absolute Gasteiger partial charge is 0.0150 e. The van der Waals surface area contributed by atoms with Crippen LogP contribution in [0.2, 0.25) is 0 Å². The first kappa shape index (κ1) is 16.5. The van der Waals surface area contributed by atoms with Crippen molar-refractivity contribution >= 4 is 0 Å². The molecule has 0 saturated heterocycles. The fourth-order valence-corrected chi connectivity index (χ4v) is 3.39. The third-order valence-corrected chi connectivity index (χ3v) is 4.81. The number of rotatable bonds is 6. The summed E-state index contributed by atoms with van der Waals surface area (Å²) < 4.78 is 0. The molecule has 0 aliphatic carbocycles. The van der Waals surface area contributed by atoms with Crippen molar-refractivity contribution in [3.8, 4) is 0 Å². The van der Waals surface area contributed by atoms with E-state index in [1.165, 1.54) is 22.3 Å². The van der Waals surface area contributed by atoms with Gasteiger partial charge in [0.05, 0.1) is 0 Å². The average molecular weight is 314 g/mol. The molecule has 3 aromatic carbocycles. The third-order valence-electron chi connectivity index (χ3n) is 4.81. The molecule has 0 nitrogen and oxygen atoms in total. The minimum Gasteiger partial charge on any atom is -0.0622 e. The van der Waals surface area contributed by atoms with E-state index < -0.39 is 0 Å². The van der Waals surface area contributed by atoms with Crippen molar-refractivity contribution in [1.29, 1.82) is 0 Å². The molecule has 0 N–H and O–H groups in total. The van der Waals surface area contributed by atoms with Crippen LogP contribution in [-0.2, 0) is 12.8 Å². The van der Waals surface area contributed by atoms with Gasteiger partial charge >= 0.3 is 0 Å². The zero-order valence-corrected chi connectivity index (χ0v) is 14.7. The van der Waals surface area contributed by atoms with Gasteiger partial charge in [0.1, 0.15) is 0 Å². The second-order valence-electron chi connectivity index (χ2n) is 6.85. The standard InChI is InChI=1S/C24H26/c1-19(23-12-5-3-6-13-23)16-21-10-9-11-22(18-21)17-20(2)24-14-7-4-8-15-24/h3-15,18-20H,16-17H2,1-2H3. The molecule has 3 aromatic rings. The molecule has 0 aliphatic heterocycles. The largest absolute Gasteiger partial charge is 0.0622 e. The number of benzene rings is 3. The van der Waals surface area contributed by atoms with Gasteiger partial charge in [0.15, 0.2) is 0 Å². The molecule has 3 rings (SSSR count). The predicted molar refractivity (Wildman–Crippen MR) is 104 cm³/mol. The van der Waals surface area contributed by atoms with Crippen LogP contribution in [-0.4, -0.2) is 0 Å². The first-order valence-electron chi connectivity index (χ1n) is 8.90. The highest BCUT2D eigenvalue weighted by Gasteiger charge is 2.09. The molecular formula is C24H26. The van der Waals surface area contributed by atoms with Crippen LogP contribution in [0.5, 0.6) is 0 Å². The monoisotopic (exact) mass is 314 g/mol. The highest BCUT2D eigenvalue weighted by Crippen LogP contribution is 2.23. The number of hydrogen-bond donors (Lipinski definition) is 0. The Balaban J connectivity index is 1.68. The van der Waals surface area contributed by atoms with Crippen molar-refractivity contribution in [2.24, 2.45) is 0 Å². The van der Waals surface area contributed by atoms with Gasteiger partial charge in [0.2, 0.25) is 0 Å². The summed E-state index contributed by atoms with van der Waals surface area (Å²) in [5.41, 5.74) is 5.70. The molecule has 0 aliphatic rings. The topological polar surface area (TPSA) is 0 Å². The van der Waals surface area contributed by atoms with Crippen LogP contribution in [0.3, 0.4) is 0 Å². The van der Waals surface area contributed by atoms with E-state index in [4.69, 9.17) is 0 Å². The summed E-state index contributed by atoms with van der Waals surface area (Å²) in [6.45, 7) is 4.63. The van der Waals surface area contributed by atoms with Gasteiger partial charge in [-0.25, -0.2) is 0 Å². The Kier molecular flexibility index (Phi) is 5.48. The summed E-state index contributed by atoms with van der Waals surface area (Å²) >= 11 is 0. The normalized spacial score (nSPS) is 13.4. The van der Waals surface area contributed by atoms with Gasteiger partial charge in [0.25, 0.3) is 0 Å². The van der Waals surface area contributed by atoms with Crippen molar-refractivity contribution in [2.75, 3.05) is 0 Å². The Morgan fingerprint density at radius 1 is 0.542 bits per heavy atom. The third kappa shape index (κ3) is 4.35. The fraction of sp³-hybridized carbons (Fsp3) is 0.250. The lowest BCUT2D eigenvalue weighted by molar-refractivity contribution is 0.744. The first-order valence-corrected chi connectivity index (χ1v) is 8.90. The fourth-order valence-electron chi connectivity index (χ4n) is 3.39. The van der Waals surface area contributed by atoms with Gasteiger partial charge < -0.3 is 0 Å². The Bertz CT molecular complexity index is 681. The van der Waals surface area contributed by atoms with Gasteiger partial charge in [-0.2, -0.15) is 0 Å². The van der Waals surface area contributed by atoms with Crippen molar-refractivity contribution in [2.45, 2.75) is 38.5 Å². The van der Waals surface area contributed by atoms with Crippen molar-refractivity contribution in [3.63, 3.8) is 0 Å². The molecule has 0 heterocycles. The molecule has 0 amide bonds. The highest BCUT2D eigenvalue weighted by atomic mass is 14.1.